The molecule has 0 saturated heterocycles. The summed E-state index contributed by atoms with van der Waals surface area (Å²) in [6, 6.07) is 17.8. The van der Waals surface area contributed by atoms with Gasteiger partial charge in [0.1, 0.15) is 23.0 Å². The van der Waals surface area contributed by atoms with Gasteiger partial charge in [-0.05, 0) is 55.3 Å². The van der Waals surface area contributed by atoms with Crippen molar-refractivity contribution in [2.24, 2.45) is 5.92 Å². The number of pyridine rings is 1. The monoisotopic (exact) mass is 438 g/mol. The third-order valence-corrected chi connectivity index (χ3v) is 5.37. The minimum Gasteiger partial charge on any atom is -0.436 e. The van der Waals surface area contributed by atoms with Gasteiger partial charge < -0.3 is 9.47 Å². The van der Waals surface area contributed by atoms with Crippen molar-refractivity contribution in [1.29, 1.82) is 5.26 Å². The summed E-state index contributed by atoms with van der Waals surface area (Å²) in [5.41, 5.74) is -1.34. The molecule has 7 heteroatoms. The number of hydrogen-bond donors (Lipinski definition) is 0. The number of ether oxygens (including phenoxy) is 2. The van der Waals surface area contributed by atoms with Crippen LogP contribution in [-0.2, 0) is 10.2 Å². The van der Waals surface area contributed by atoms with Crippen LogP contribution in [0.2, 0.25) is 5.02 Å². The lowest BCUT2D eigenvalue weighted by atomic mass is 9.74. The van der Waals surface area contributed by atoms with Crippen LogP contribution in [0.4, 0.5) is 4.39 Å². The van der Waals surface area contributed by atoms with Crippen LogP contribution in [-0.4, -0.2) is 11.0 Å². The molecule has 1 aromatic heterocycles. The van der Waals surface area contributed by atoms with Crippen LogP contribution < -0.4 is 9.47 Å². The van der Waals surface area contributed by atoms with Crippen molar-refractivity contribution in [2.45, 2.75) is 26.2 Å². The molecule has 0 N–H and O–H groups in total. The molecule has 158 valence electrons. The fourth-order valence-electron chi connectivity index (χ4n) is 2.95. The second-order valence-electron chi connectivity index (χ2n) is 7.40. The molecule has 3 rings (SSSR count). The molecule has 5 nitrogen and oxygen atoms in total. The Bertz CT molecular complexity index is 1130. The Morgan fingerprint density at radius 2 is 1.77 bits per heavy atom. The zero-order valence-corrected chi connectivity index (χ0v) is 18.0. The van der Waals surface area contributed by atoms with E-state index in [4.69, 9.17) is 21.1 Å². The van der Waals surface area contributed by atoms with Gasteiger partial charge in [0.05, 0.1) is 11.3 Å². The molecule has 0 spiro atoms. The Morgan fingerprint density at radius 3 is 2.35 bits per heavy atom. The number of halogens is 2. The fraction of sp³-hybridized carbons (Fsp3) is 0.208. The quantitative estimate of drug-likeness (QED) is 0.345. The third kappa shape index (κ3) is 4.68. The molecule has 0 aliphatic heterocycles. The van der Waals surface area contributed by atoms with Crippen LogP contribution in [0.3, 0.4) is 0 Å². The number of benzene rings is 2. The lowest BCUT2D eigenvalue weighted by Crippen LogP contribution is -2.42. The van der Waals surface area contributed by atoms with E-state index in [1.165, 1.54) is 0 Å². The molecular formula is C24H20ClFN2O3. The van der Waals surface area contributed by atoms with E-state index in [0.29, 0.717) is 16.5 Å². The summed E-state index contributed by atoms with van der Waals surface area (Å²) in [5.74, 6) is -1.43. The lowest BCUT2D eigenvalue weighted by Gasteiger charge is -2.31. The average molecular weight is 439 g/mol. The first-order chi connectivity index (χ1) is 14.8. The second kappa shape index (κ2) is 9.15. The summed E-state index contributed by atoms with van der Waals surface area (Å²) in [7, 11) is 0. The summed E-state index contributed by atoms with van der Waals surface area (Å²) in [5, 5.41) is 10.1. The zero-order valence-electron chi connectivity index (χ0n) is 17.2. The second-order valence-corrected chi connectivity index (χ2v) is 7.84. The Morgan fingerprint density at radius 1 is 1.13 bits per heavy atom. The van der Waals surface area contributed by atoms with Crippen LogP contribution in [0.1, 0.15) is 32.0 Å². The molecule has 3 aromatic rings. The molecule has 0 radical (unpaired) electrons. The summed E-state index contributed by atoms with van der Waals surface area (Å²) < 4.78 is 25.7. The number of carbonyl (C=O) groups excluding carboxylic acids is 1. The van der Waals surface area contributed by atoms with Crippen LogP contribution >= 0.6 is 11.6 Å². The Labute approximate surface area is 185 Å². The van der Waals surface area contributed by atoms with E-state index in [0.717, 1.165) is 6.07 Å². The Hall–Kier alpha value is -3.43. The maximum atomic E-state index is 14.6. The van der Waals surface area contributed by atoms with Crippen molar-refractivity contribution in [1.82, 2.24) is 4.98 Å². The summed E-state index contributed by atoms with van der Waals surface area (Å²) in [4.78, 5) is 17.5. The summed E-state index contributed by atoms with van der Waals surface area (Å²) >= 11 is 5.89. The van der Waals surface area contributed by atoms with Gasteiger partial charge in [0.25, 0.3) is 5.88 Å². The highest BCUT2D eigenvalue weighted by Crippen LogP contribution is 2.37. The zero-order chi connectivity index (χ0) is 22.6. The van der Waals surface area contributed by atoms with Crippen LogP contribution in [0.5, 0.6) is 17.4 Å². The molecule has 0 bridgehead atoms. The SMILES string of the molecule is CC(C)C(C)(C(=O)Oc1ccc(Cl)cc1)c1nc(Oc2ccccc2)c(F)cc1C#N. The van der Waals surface area contributed by atoms with Crippen LogP contribution in [0.15, 0.2) is 60.7 Å². The van der Waals surface area contributed by atoms with Crippen molar-refractivity contribution in [2.75, 3.05) is 0 Å². The molecule has 0 aliphatic rings. The molecule has 1 atom stereocenters. The summed E-state index contributed by atoms with van der Waals surface area (Å²) in [6.45, 7) is 5.21. The van der Waals surface area contributed by atoms with Gasteiger partial charge in [0, 0.05) is 5.02 Å². The number of esters is 1. The normalized spacial score (nSPS) is 12.7. The molecule has 1 unspecified atom stereocenters. The van der Waals surface area contributed by atoms with E-state index in [1.807, 2.05) is 6.07 Å². The van der Waals surface area contributed by atoms with E-state index in [1.54, 1.807) is 75.4 Å². The molecule has 0 amide bonds. The molecular weight excluding hydrogens is 419 g/mol. The first-order valence-electron chi connectivity index (χ1n) is 9.57. The van der Waals surface area contributed by atoms with Gasteiger partial charge in [-0.1, -0.05) is 43.6 Å². The van der Waals surface area contributed by atoms with E-state index in [2.05, 4.69) is 4.98 Å². The number of para-hydroxylation sites is 1. The topological polar surface area (TPSA) is 72.2 Å². The highest BCUT2D eigenvalue weighted by atomic mass is 35.5. The van der Waals surface area contributed by atoms with E-state index in [-0.39, 0.29) is 23.1 Å². The van der Waals surface area contributed by atoms with Gasteiger partial charge in [-0.15, -0.1) is 0 Å². The van der Waals surface area contributed by atoms with Gasteiger partial charge in [-0.3, -0.25) is 4.79 Å². The largest absolute Gasteiger partial charge is 0.436 e. The van der Waals surface area contributed by atoms with E-state index >= 15 is 0 Å². The van der Waals surface area contributed by atoms with Crippen molar-refractivity contribution in [3.63, 3.8) is 0 Å². The first kappa shape index (κ1) is 22.3. The molecule has 1 heterocycles. The number of carbonyl (C=O) groups is 1. The van der Waals surface area contributed by atoms with Gasteiger partial charge in [0.2, 0.25) is 0 Å². The third-order valence-electron chi connectivity index (χ3n) is 5.12. The Balaban J connectivity index is 2.06. The number of nitrogens with zero attached hydrogens (tertiary/aromatic N) is 2. The molecule has 31 heavy (non-hydrogen) atoms. The minimum absolute atomic E-state index is 0.0674. The van der Waals surface area contributed by atoms with Gasteiger partial charge in [-0.25, -0.2) is 9.37 Å². The fourth-order valence-corrected chi connectivity index (χ4v) is 3.07. The van der Waals surface area contributed by atoms with Crippen molar-refractivity contribution >= 4 is 17.6 Å². The maximum absolute atomic E-state index is 14.6. The number of nitriles is 1. The van der Waals surface area contributed by atoms with E-state index in [9.17, 15) is 14.4 Å². The number of aromatic nitrogens is 1. The number of rotatable bonds is 6. The first-order valence-corrected chi connectivity index (χ1v) is 9.95. The van der Waals surface area contributed by atoms with E-state index < -0.39 is 17.2 Å². The van der Waals surface area contributed by atoms with Gasteiger partial charge in [-0.2, -0.15) is 5.26 Å². The highest BCUT2D eigenvalue weighted by molar-refractivity contribution is 6.30. The van der Waals surface area contributed by atoms with Crippen molar-refractivity contribution in [3.8, 4) is 23.4 Å². The molecule has 0 saturated carbocycles. The predicted molar refractivity (Wildman–Crippen MR) is 115 cm³/mol. The smallest absolute Gasteiger partial charge is 0.323 e. The van der Waals surface area contributed by atoms with Crippen molar-refractivity contribution in [3.05, 3.63) is 82.8 Å². The summed E-state index contributed by atoms with van der Waals surface area (Å²) in [6.07, 6.45) is 0. The lowest BCUT2D eigenvalue weighted by molar-refractivity contribution is -0.142. The molecule has 0 fully saturated rings. The van der Waals surface area contributed by atoms with Crippen LogP contribution in [0, 0.1) is 23.1 Å². The number of hydrogen-bond acceptors (Lipinski definition) is 5. The maximum Gasteiger partial charge on any atom is 0.323 e. The van der Waals surface area contributed by atoms with Crippen molar-refractivity contribution < 1.29 is 18.7 Å². The predicted octanol–water partition coefficient (Wildman–Crippen LogP) is 6.06. The Kier molecular flexibility index (Phi) is 6.57. The van der Waals surface area contributed by atoms with Crippen LogP contribution in [0.25, 0.3) is 0 Å². The van der Waals surface area contributed by atoms with Gasteiger partial charge in [0.15, 0.2) is 5.82 Å². The van der Waals surface area contributed by atoms with Gasteiger partial charge >= 0.3 is 5.97 Å². The molecule has 0 aliphatic carbocycles. The molecule has 2 aromatic carbocycles. The standard InChI is InChI=1S/C24H20ClFN2O3/c1-15(2)24(3,23(29)31-19-11-9-17(25)10-12-19)21-16(14-27)13-20(26)22(28-21)30-18-7-5-4-6-8-18/h4-13,15H,1-3H3. The average Bonchev–Trinajstić information content (AvgIpc) is 2.76. The highest BCUT2D eigenvalue weighted by Gasteiger charge is 2.44. The minimum atomic E-state index is -1.35.